The molecule has 0 fully saturated rings. The van der Waals surface area contributed by atoms with Crippen molar-refractivity contribution in [2.24, 2.45) is 5.10 Å². The molecule has 2 aromatic heterocycles. The molecule has 2 amide bonds. The number of hydrazone groups is 1. The van der Waals surface area contributed by atoms with E-state index in [-0.39, 0.29) is 30.5 Å². The Balaban J connectivity index is 1.26. The molecule has 0 bridgehead atoms. The fraction of sp³-hybridized carbons (Fsp3) is 0.148. The molecule has 9 heteroatoms. The highest BCUT2D eigenvalue weighted by molar-refractivity contribution is 6.01. The van der Waals surface area contributed by atoms with Crippen LogP contribution < -0.4 is 10.6 Å². The maximum Gasteiger partial charge on any atom is 0.262 e. The van der Waals surface area contributed by atoms with Crippen LogP contribution in [-0.4, -0.2) is 29.1 Å². The third kappa shape index (κ3) is 5.20. The molecule has 2 aromatic carbocycles. The lowest BCUT2D eigenvalue weighted by molar-refractivity contribution is -0.131. The normalized spacial score (nSPS) is 15.0. The maximum absolute atomic E-state index is 14.3. The lowest BCUT2D eigenvalue weighted by Crippen LogP contribution is -2.32. The first-order valence-corrected chi connectivity index (χ1v) is 11.4. The van der Waals surface area contributed by atoms with Gasteiger partial charge in [0.1, 0.15) is 29.1 Å². The minimum absolute atomic E-state index is 0.0288. The smallest absolute Gasteiger partial charge is 0.262 e. The van der Waals surface area contributed by atoms with Crippen LogP contribution >= 0.6 is 0 Å². The number of anilines is 2. The summed E-state index contributed by atoms with van der Waals surface area (Å²) in [7, 11) is 0. The number of hydrogen-bond acceptors (Lipinski definition) is 6. The van der Waals surface area contributed by atoms with Gasteiger partial charge in [0.25, 0.3) is 5.91 Å². The van der Waals surface area contributed by atoms with E-state index in [1.165, 1.54) is 23.2 Å². The summed E-state index contributed by atoms with van der Waals surface area (Å²) in [5.41, 5.74) is 1.96. The number of nitrogens with one attached hydrogen (secondary N) is 2. The van der Waals surface area contributed by atoms with Gasteiger partial charge < -0.3 is 19.5 Å². The molecular formula is C27H23FN4O4. The predicted molar refractivity (Wildman–Crippen MR) is 132 cm³/mol. The van der Waals surface area contributed by atoms with Gasteiger partial charge in [0.05, 0.1) is 31.2 Å². The predicted octanol–water partition coefficient (Wildman–Crippen LogP) is 4.98. The molecule has 1 unspecified atom stereocenters. The van der Waals surface area contributed by atoms with Crippen molar-refractivity contribution in [2.75, 3.05) is 17.2 Å². The Morgan fingerprint density at radius 3 is 2.56 bits per heavy atom. The average Bonchev–Trinajstić information content (AvgIpc) is 3.66. The summed E-state index contributed by atoms with van der Waals surface area (Å²) < 4.78 is 25.3. The SMILES string of the molecule is O=C(Cc1ccccc1)Nc1cc(NCC(=O)N2N=C(c3ccco3)CC2c2ccco2)ccc1F. The van der Waals surface area contributed by atoms with E-state index in [0.29, 0.717) is 29.3 Å². The van der Waals surface area contributed by atoms with Gasteiger partial charge in [-0.1, -0.05) is 30.3 Å². The zero-order valence-electron chi connectivity index (χ0n) is 19.2. The Labute approximate surface area is 206 Å². The van der Waals surface area contributed by atoms with E-state index in [1.54, 1.807) is 36.8 Å². The van der Waals surface area contributed by atoms with Crippen LogP contribution in [0, 0.1) is 5.82 Å². The quantitative estimate of drug-likeness (QED) is 0.366. The van der Waals surface area contributed by atoms with Crippen LogP contribution in [0.25, 0.3) is 0 Å². The number of amides is 2. The van der Waals surface area contributed by atoms with E-state index in [4.69, 9.17) is 8.83 Å². The van der Waals surface area contributed by atoms with E-state index in [9.17, 15) is 14.0 Å². The average molecular weight is 487 g/mol. The van der Waals surface area contributed by atoms with Crippen LogP contribution in [0.1, 0.15) is 29.5 Å². The molecule has 0 saturated heterocycles. The van der Waals surface area contributed by atoms with Crippen LogP contribution in [0.5, 0.6) is 0 Å². The highest BCUT2D eigenvalue weighted by Crippen LogP contribution is 2.33. The first-order chi connectivity index (χ1) is 17.6. The van der Waals surface area contributed by atoms with Crippen molar-refractivity contribution in [3.8, 4) is 0 Å². The third-order valence-corrected chi connectivity index (χ3v) is 5.73. The largest absolute Gasteiger partial charge is 0.467 e. The van der Waals surface area contributed by atoms with Gasteiger partial charge >= 0.3 is 0 Å². The number of rotatable bonds is 8. The second-order valence-corrected chi connectivity index (χ2v) is 8.26. The Morgan fingerprint density at radius 2 is 1.81 bits per heavy atom. The maximum atomic E-state index is 14.3. The van der Waals surface area contributed by atoms with Gasteiger partial charge in [-0.25, -0.2) is 9.40 Å². The third-order valence-electron chi connectivity index (χ3n) is 5.73. The molecule has 36 heavy (non-hydrogen) atoms. The first-order valence-electron chi connectivity index (χ1n) is 11.4. The molecule has 3 heterocycles. The zero-order chi connectivity index (χ0) is 24.9. The standard InChI is InChI=1S/C27H23FN4O4/c28-20-11-10-19(15-21(20)30-26(33)14-18-6-2-1-3-7-18)29-17-27(34)32-23(25-9-5-13-36-25)16-22(31-32)24-8-4-12-35-24/h1-13,15,23,29H,14,16-17H2,(H,30,33). The van der Waals surface area contributed by atoms with Crippen molar-refractivity contribution < 1.29 is 22.8 Å². The van der Waals surface area contributed by atoms with E-state index < -0.39 is 11.9 Å². The van der Waals surface area contributed by atoms with Crippen LogP contribution in [0.15, 0.2) is 99.3 Å². The number of nitrogens with zero attached hydrogens (tertiary/aromatic N) is 2. The first kappa shape index (κ1) is 23.1. The molecule has 1 aliphatic rings. The molecule has 4 aromatic rings. The lowest BCUT2D eigenvalue weighted by atomic mass is 10.1. The molecule has 0 radical (unpaired) electrons. The summed E-state index contributed by atoms with van der Waals surface area (Å²) in [6.07, 6.45) is 3.67. The highest BCUT2D eigenvalue weighted by atomic mass is 19.1. The van der Waals surface area contributed by atoms with Crippen molar-refractivity contribution >= 4 is 28.9 Å². The molecule has 5 rings (SSSR count). The van der Waals surface area contributed by atoms with Crippen LogP contribution in [0.2, 0.25) is 0 Å². The van der Waals surface area contributed by atoms with Gasteiger partial charge in [-0.2, -0.15) is 5.10 Å². The topological polar surface area (TPSA) is 100 Å². The molecule has 0 aliphatic carbocycles. The Bertz CT molecular complexity index is 1370. The van der Waals surface area contributed by atoms with E-state index >= 15 is 0 Å². The summed E-state index contributed by atoms with van der Waals surface area (Å²) in [6.45, 7) is -0.102. The van der Waals surface area contributed by atoms with Crippen LogP contribution in [-0.2, 0) is 16.0 Å². The number of halogens is 1. The van der Waals surface area contributed by atoms with Gasteiger partial charge in [0.15, 0.2) is 0 Å². The van der Waals surface area contributed by atoms with Crippen molar-refractivity contribution in [3.63, 3.8) is 0 Å². The highest BCUT2D eigenvalue weighted by Gasteiger charge is 2.35. The summed E-state index contributed by atoms with van der Waals surface area (Å²) in [5, 5.41) is 11.4. The second kappa shape index (κ2) is 10.3. The van der Waals surface area contributed by atoms with E-state index in [1.807, 2.05) is 30.3 Å². The van der Waals surface area contributed by atoms with Crippen molar-refractivity contribution in [3.05, 3.63) is 108 Å². The molecule has 8 nitrogen and oxygen atoms in total. The van der Waals surface area contributed by atoms with Gasteiger partial charge in [0.2, 0.25) is 5.91 Å². The van der Waals surface area contributed by atoms with Gasteiger partial charge in [0, 0.05) is 12.1 Å². The number of furan rings is 2. The zero-order valence-corrected chi connectivity index (χ0v) is 19.2. The molecule has 0 saturated carbocycles. The van der Waals surface area contributed by atoms with Crippen LogP contribution in [0.4, 0.5) is 15.8 Å². The fourth-order valence-corrected chi connectivity index (χ4v) is 4.00. The minimum atomic E-state index is -0.571. The summed E-state index contributed by atoms with van der Waals surface area (Å²) in [4.78, 5) is 25.5. The Hall–Kier alpha value is -4.66. The number of carbonyl (C=O) groups is 2. The monoisotopic (exact) mass is 486 g/mol. The molecule has 2 N–H and O–H groups in total. The molecule has 0 spiro atoms. The Morgan fingerprint density at radius 1 is 1.00 bits per heavy atom. The summed E-state index contributed by atoms with van der Waals surface area (Å²) in [5.74, 6) is -0.0232. The Kier molecular flexibility index (Phi) is 6.61. The number of benzene rings is 2. The summed E-state index contributed by atoms with van der Waals surface area (Å²) in [6, 6.07) is 20.1. The number of hydrogen-bond donors (Lipinski definition) is 2. The van der Waals surface area contributed by atoms with E-state index in [0.717, 1.165) is 5.56 Å². The van der Waals surface area contributed by atoms with Gasteiger partial charge in [-0.15, -0.1) is 0 Å². The number of carbonyl (C=O) groups excluding carboxylic acids is 2. The fourth-order valence-electron chi connectivity index (χ4n) is 4.00. The van der Waals surface area contributed by atoms with Gasteiger partial charge in [-0.3, -0.25) is 9.59 Å². The van der Waals surface area contributed by atoms with Crippen LogP contribution in [0.3, 0.4) is 0 Å². The lowest BCUT2D eigenvalue weighted by Gasteiger charge is -2.20. The minimum Gasteiger partial charge on any atom is -0.467 e. The molecule has 182 valence electrons. The van der Waals surface area contributed by atoms with Crippen molar-refractivity contribution in [1.29, 1.82) is 0 Å². The molecule has 1 aliphatic heterocycles. The molecule has 1 atom stereocenters. The second-order valence-electron chi connectivity index (χ2n) is 8.26. The van der Waals surface area contributed by atoms with Crippen molar-refractivity contribution in [1.82, 2.24) is 5.01 Å². The molecular weight excluding hydrogens is 463 g/mol. The summed E-state index contributed by atoms with van der Waals surface area (Å²) >= 11 is 0. The van der Waals surface area contributed by atoms with Crippen molar-refractivity contribution in [2.45, 2.75) is 18.9 Å². The van der Waals surface area contributed by atoms with Gasteiger partial charge in [-0.05, 0) is 48.0 Å². The van der Waals surface area contributed by atoms with E-state index in [2.05, 4.69) is 15.7 Å².